The van der Waals surface area contributed by atoms with Crippen LogP contribution in [0.2, 0.25) is 5.02 Å². The Morgan fingerprint density at radius 2 is 1.70 bits per heavy atom. The molecule has 0 aliphatic rings. The molecule has 2 rings (SSSR count). The number of carbonyl (C=O) groups excluding carboxylic acids is 1. The van der Waals surface area contributed by atoms with E-state index >= 15 is 0 Å². The van der Waals surface area contributed by atoms with Gasteiger partial charge in [0.1, 0.15) is 0 Å². The van der Waals surface area contributed by atoms with Gasteiger partial charge < -0.3 is 0 Å². The summed E-state index contributed by atoms with van der Waals surface area (Å²) in [7, 11) is 0. The average Bonchev–Trinajstić information content (AvgIpc) is 2.50. The minimum absolute atomic E-state index is 0.217. The van der Waals surface area contributed by atoms with Gasteiger partial charge in [-0.05, 0) is 36.2 Å². The van der Waals surface area contributed by atoms with Crippen molar-refractivity contribution in [3.8, 4) is 0 Å². The van der Waals surface area contributed by atoms with Gasteiger partial charge in [0.05, 0.1) is 5.71 Å². The lowest BCUT2D eigenvalue weighted by molar-refractivity contribution is 0.0955. The molecule has 20 heavy (non-hydrogen) atoms. The number of benzene rings is 2. The van der Waals surface area contributed by atoms with Gasteiger partial charge in [-0.1, -0.05) is 48.9 Å². The second-order valence-electron chi connectivity index (χ2n) is 4.23. The van der Waals surface area contributed by atoms with E-state index in [1.165, 1.54) is 0 Å². The third-order valence-corrected chi connectivity index (χ3v) is 3.09. The van der Waals surface area contributed by atoms with Gasteiger partial charge in [-0.2, -0.15) is 5.10 Å². The van der Waals surface area contributed by atoms with Gasteiger partial charge in [0.15, 0.2) is 0 Å². The molecule has 0 atom stereocenters. The van der Waals surface area contributed by atoms with Crippen molar-refractivity contribution in [1.82, 2.24) is 5.43 Å². The number of hydrazone groups is 1. The van der Waals surface area contributed by atoms with E-state index < -0.39 is 0 Å². The Morgan fingerprint density at radius 3 is 2.30 bits per heavy atom. The van der Waals surface area contributed by atoms with E-state index in [0.29, 0.717) is 10.6 Å². The van der Waals surface area contributed by atoms with Gasteiger partial charge in [-0.15, -0.1) is 0 Å². The number of nitrogens with zero attached hydrogens (tertiary/aromatic N) is 1. The standard InChI is InChI=1S/C16H15ClN2O/c1-2-15(12-8-10-14(17)11-9-12)18-19-16(20)13-6-4-3-5-7-13/h3-11H,2H2,1H3,(H,19,20)/b18-15-. The van der Waals surface area contributed by atoms with Gasteiger partial charge in [-0.3, -0.25) is 4.79 Å². The lowest BCUT2D eigenvalue weighted by atomic mass is 10.1. The summed E-state index contributed by atoms with van der Waals surface area (Å²) < 4.78 is 0. The highest BCUT2D eigenvalue weighted by molar-refractivity contribution is 6.30. The molecule has 1 amide bonds. The van der Waals surface area contributed by atoms with Gasteiger partial charge >= 0.3 is 0 Å². The summed E-state index contributed by atoms with van der Waals surface area (Å²) in [6.45, 7) is 1.99. The first-order valence-electron chi connectivity index (χ1n) is 6.38. The lowest BCUT2D eigenvalue weighted by Gasteiger charge is -2.05. The summed E-state index contributed by atoms with van der Waals surface area (Å²) in [6, 6.07) is 16.4. The Morgan fingerprint density at radius 1 is 1.05 bits per heavy atom. The Labute approximate surface area is 123 Å². The number of hydrogen-bond donors (Lipinski definition) is 1. The molecule has 2 aromatic rings. The molecule has 0 heterocycles. The zero-order valence-electron chi connectivity index (χ0n) is 11.1. The Kier molecular flexibility index (Phi) is 4.91. The number of amides is 1. The fraction of sp³-hybridized carbons (Fsp3) is 0.125. The smallest absolute Gasteiger partial charge is 0.267 e. The summed E-state index contributed by atoms with van der Waals surface area (Å²) in [5.41, 5.74) is 4.93. The highest BCUT2D eigenvalue weighted by Gasteiger charge is 2.05. The molecule has 4 heteroatoms. The summed E-state index contributed by atoms with van der Waals surface area (Å²) in [6.07, 6.45) is 0.719. The van der Waals surface area contributed by atoms with Gasteiger partial charge in [0, 0.05) is 10.6 Å². The van der Waals surface area contributed by atoms with E-state index in [-0.39, 0.29) is 5.91 Å². The van der Waals surface area contributed by atoms with Crippen molar-refractivity contribution in [2.45, 2.75) is 13.3 Å². The number of nitrogens with one attached hydrogen (secondary N) is 1. The summed E-state index contributed by atoms with van der Waals surface area (Å²) in [5.74, 6) is -0.217. The van der Waals surface area contributed by atoms with Crippen LogP contribution >= 0.6 is 11.6 Å². The van der Waals surface area contributed by atoms with Crippen LogP contribution in [0.5, 0.6) is 0 Å². The van der Waals surface area contributed by atoms with Crippen LogP contribution in [0.3, 0.4) is 0 Å². The molecule has 0 saturated heterocycles. The number of hydrogen-bond acceptors (Lipinski definition) is 2. The number of rotatable bonds is 4. The van der Waals surface area contributed by atoms with Crippen LogP contribution in [0, 0.1) is 0 Å². The molecule has 0 unspecified atom stereocenters. The summed E-state index contributed by atoms with van der Waals surface area (Å²) in [5, 5.41) is 4.87. The van der Waals surface area contributed by atoms with Crippen molar-refractivity contribution in [3.05, 3.63) is 70.7 Å². The van der Waals surface area contributed by atoms with Crippen LogP contribution in [0.25, 0.3) is 0 Å². The number of halogens is 1. The molecule has 0 spiro atoms. The first-order chi connectivity index (χ1) is 9.70. The predicted octanol–water partition coefficient (Wildman–Crippen LogP) is 3.88. The maximum atomic E-state index is 11.9. The maximum absolute atomic E-state index is 11.9. The van der Waals surface area contributed by atoms with Crippen LogP contribution in [0.1, 0.15) is 29.3 Å². The molecule has 0 bridgehead atoms. The van der Waals surface area contributed by atoms with E-state index in [1.807, 2.05) is 37.3 Å². The van der Waals surface area contributed by atoms with Crippen molar-refractivity contribution in [2.75, 3.05) is 0 Å². The molecule has 1 N–H and O–H groups in total. The van der Waals surface area contributed by atoms with E-state index in [2.05, 4.69) is 10.5 Å². The highest BCUT2D eigenvalue weighted by Crippen LogP contribution is 2.11. The molecule has 0 aliphatic carbocycles. The molecule has 0 radical (unpaired) electrons. The quantitative estimate of drug-likeness (QED) is 0.672. The SMILES string of the molecule is CC/C(=N/NC(=O)c1ccccc1)c1ccc(Cl)cc1. The molecule has 0 fully saturated rings. The van der Waals surface area contributed by atoms with Crippen molar-refractivity contribution in [2.24, 2.45) is 5.10 Å². The van der Waals surface area contributed by atoms with Gasteiger partial charge in [0.2, 0.25) is 0 Å². The molecule has 0 aromatic heterocycles. The van der Waals surface area contributed by atoms with Crippen molar-refractivity contribution >= 4 is 23.2 Å². The van der Waals surface area contributed by atoms with Gasteiger partial charge in [-0.25, -0.2) is 5.43 Å². The molecular weight excluding hydrogens is 272 g/mol. The lowest BCUT2D eigenvalue weighted by Crippen LogP contribution is -2.19. The van der Waals surface area contributed by atoms with Crippen molar-refractivity contribution in [1.29, 1.82) is 0 Å². The van der Waals surface area contributed by atoms with Crippen molar-refractivity contribution < 1.29 is 4.79 Å². The van der Waals surface area contributed by atoms with Crippen LogP contribution in [-0.4, -0.2) is 11.6 Å². The fourth-order valence-corrected chi connectivity index (χ4v) is 1.89. The highest BCUT2D eigenvalue weighted by atomic mass is 35.5. The van der Waals surface area contributed by atoms with Crippen LogP contribution in [0.4, 0.5) is 0 Å². The van der Waals surface area contributed by atoms with Crippen LogP contribution < -0.4 is 5.43 Å². The van der Waals surface area contributed by atoms with E-state index in [0.717, 1.165) is 17.7 Å². The minimum Gasteiger partial charge on any atom is -0.267 e. The van der Waals surface area contributed by atoms with E-state index in [9.17, 15) is 4.79 Å². The number of carbonyl (C=O) groups is 1. The molecule has 0 aliphatic heterocycles. The predicted molar refractivity (Wildman–Crippen MR) is 82.2 cm³/mol. The first kappa shape index (κ1) is 14.3. The average molecular weight is 287 g/mol. The fourth-order valence-electron chi connectivity index (χ4n) is 1.76. The molecular formula is C16H15ClN2O. The topological polar surface area (TPSA) is 41.5 Å². The van der Waals surface area contributed by atoms with Crippen molar-refractivity contribution in [3.63, 3.8) is 0 Å². The Bertz CT molecular complexity index is 606. The molecule has 3 nitrogen and oxygen atoms in total. The van der Waals surface area contributed by atoms with Gasteiger partial charge in [0.25, 0.3) is 5.91 Å². The largest absolute Gasteiger partial charge is 0.271 e. The van der Waals surface area contributed by atoms with Crippen LogP contribution in [-0.2, 0) is 0 Å². The monoisotopic (exact) mass is 286 g/mol. The third-order valence-electron chi connectivity index (χ3n) is 2.84. The third kappa shape index (κ3) is 3.68. The Balaban J connectivity index is 2.12. The summed E-state index contributed by atoms with van der Waals surface area (Å²) in [4.78, 5) is 11.9. The minimum atomic E-state index is -0.217. The summed E-state index contributed by atoms with van der Waals surface area (Å²) >= 11 is 5.86. The van der Waals surface area contributed by atoms with Crippen LogP contribution in [0.15, 0.2) is 59.7 Å². The molecule has 102 valence electrons. The van der Waals surface area contributed by atoms with E-state index in [4.69, 9.17) is 11.6 Å². The first-order valence-corrected chi connectivity index (χ1v) is 6.76. The second kappa shape index (κ2) is 6.87. The normalized spacial score (nSPS) is 11.2. The molecule has 0 saturated carbocycles. The maximum Gasteiger partial charge on any atom is 0.271 e. The second-order valence-corrected chi connectivity index (χ2v) is 4.66. The Hall–Kier alpha value is -2.13. The zero-order valence-corrected chi connectivity index (χ0v) is 11.9. The molecule has 2 aromatic carbocycles. The van der Waals surface area contributed by atoms with E-state index in [1.54, 1.807) is 24.3 Å². The zero-order chi connectivity index (χ0) is 14.4.